The SMILES string of the molecule is O=C(c1ccc(Br)nc1)N(CCO)C1CCCCC1. The van der Waals surface area contributed by atoms with Crippen molar-refractivity contribution in [2.24, 2.45) is 0 Å². The summed E-state index contributed by atoms with van der Waals surface area (Å²) in [7, 11) is 0. The van der Waals surface area contributed by atoms with Crippen molar-refractivity contribution in [2.75, 3.05) is 13.2 Å². The van der Waals surface area contributed by atoms with Gasteiger partial charge in [0.15, 0.2) is 0 Å². The van der Waals surface area contributed by atoms with Gasteiger partial charge in [0.2, 0.25) is 0 Å². The number of aliphatic hydroxyl groups excluding tert-OH is 1. The van der Waals surface area contributed by atoms with E-state index < -0.39 is 0 Å². The molecule has 0 saturated heterocycles. The summed E-state index contributed by atoms with van der Waals surface area (Å²) in [6.45, 7) is 0.408. The summed E-state index contributed by atoms with van der Waals surface area (Å²) in [5.41, 5.74) is 0.585. The lowest BCUT2D eigenvalue weighted by Crippen LogP contribution is -2.43. The van der Waals surface area contributed by atoms with Crippen LogP contribution in [-0.4, -0.2) is 40.1 Å². The highest BCUT2D eigenvalue weighted by atomic mass is 79.9. The Morgan fingerprint density at radius 2 is 2.11 bits per heavy atom. The molecular formula is C14H19BrN2O2. The van der Waals surface area contributed by atoms with E-state index in [1.165, 1.54) is 19.3 Å². The Kier molecular flexibility index (Phi) is 5.34. The molecule has 0 bridgehead atoms. The monoisotopic (exact) mass is 326 g/mol. The van der Waals surface area contributed by atoms with Crippen molar-refractivity contribution in [1.29, 1.82) is 0 Å². The van der Waals surface area contributed by atoms with Gasteiger partial charge in [0.1, 0.15) is 4.60 Å². The molecule has 1 fully saturated rings. The van der Waals surface area contributed by atoms with Crippen LogP contribution in [-0.2, 0) is 0 Å². The third kappa shape index (κ3) is 3.76. The van der Waals surface area contributed by atoms with Crippen molar-refractivity contribution in [3.63, 3.8) is 0 Å². The number of nitrogens with zero attached hydrogens (tertiary/aromatic N) is 2. The molecule has 1 aromatic heterocycles. The number of aliphatic hydroxyl groups is 1. The smallest absolute Gasteiger partial charge is 0.255 e. The largest absolute Gasteiger partial charge is 0.395 e. The quantitative estimate of drug-likeness (QED) is 0.865. The minimum absolute atomic E-state index is 0.00615. The summed E-state index contributed by atoms with van der Waals surface area (Å²) in [6, 6.07) is 3.80. The molecule has 1 aliphatic rings. The second-order valence-electron chi connectivity index (χ2n) is 4.88. The number of pyridine rings is 1. The normalized spacial score (nSPS) is 16.3. The molecule has 1 heterocycles. The zero-order valence-corrected chi connectivity index (χ0v) is 12.5. The molecule has 0 atom stereocenters. The first-order valence-electron chi connectivity index (χ1n) is 6.76. The van der Waals surface area contributed by atoms with Gasteiger partial charge in [-0.2, -0.15) is 0 Å². The molecule has 5 heteroatoms. The maximum Gasteiger partial charge on any atom is 0.255 e. The Labute approximate surface area is 122 Å². The summed E-state index contributed by atoms with van der Waals surface area (Å²) >= 11 is 3.26. The van der Waals surface area contributed by atoms with Gasteiger partial charge < -0.3 is 10.0 Å². The number of rotatable bonds is 4. The zero-order valence-electron chi connectivity index (χ0n) is 10.9. The van der Waals surface area contributed by atoms with E-state index in [0.717, 1.165) is 17.4 Å². The molecule has 0 unspecified atom stereocenters. The van der Waals surface area contributed by atoms with Crippen LogP contribution in [0.15, 0.2) is 22.9 Å². The highest BCUT2D eigenvalue weighted by Gasteiger charge is 2.25. The van der Waals surface area contributed by atoms with E-state index >= 15 is 0 Å². The van der Waals surface area contributed by atoms with Gasteiger partial charge in [0.25, 0.3) is 5.91 Å². The lowest BCUT2D eigenvalue weighted by Gasteiger charge is -2.34. The zero-order chi connectivity index (χ0) is 13.7. The maximum absolute atomic E-state index is 12.5. The molecule has 0 aromatic carbocycles. The van der Waals surface area contributed by atoms with Crippen LogP contribution >= 0.6 is 15.9 Å². The van der Waals surface area contributed by atoms with Gasteiger partial charge in [0, 0.05) is 18.8 Å². The number of amides is 1. The van der Waals surface area contributed by atoms with Gasteiger partial charge in [-0.05, 0) is 40.9 Å². The van der Waals surface area contributed by atoms with Crippen LogP contribution in [0.1, 0.15) is 42.5 Å². The number of aromatic nitrogens is 1. The van der Waals surface area contributed by atoms with Crippen molar-refractivity contribution >= 4 is 21.8 Å². The molecule has 0 aliphatic heterocycles. The van der Waals surface area contributed by atoms with Crippen molar-refractivity contribution in [3.05, 3.63) is 28.5 Å². The van der Waals surface area contributed by atoms with Gasteiger partial charge in [-0.3, -0.25) is 4.79 Å². The molecule has 104 valence electrons. The molecule has 2 rings (SSSR count). The Bertz CT molecular complexity index is 416. The van der Waals surface area contributed by atoms with E-state index in [9.17, 15) is 9.90 Å². The number of hydrogen-bond acceptors (Lipinski definition) is 3. The second kappa shape index (κ2) is 7.01. The lowest BCUT2D eigenvalue weighted by atomic mass is 9.94. The minimum atomic E-state index is -0.0269. The molecule has 1 aromatic rings. The van der Waals surface area contributed by atoms with E-state index in [2.05, 4.69) is 20.9 Å². The van der Waals surface area contributed by atoms with E-state index in [1.54, 1.807) is 18.3 Å². The first kappa shape index (κ1) is 14.5. The predicted molar refractivity (Wildman–Crippen MR) is 76.9 cm³/mol. The van der Waals surface area contributed by atoms with Crippen LogP contribution in [0.4, 0.5) is 0 Å². The average Bonchev–Trinajstić information content (AvgIpc) is 2.46. The third-order valence-corrected chi connectivity index (χ3v) is 4.06. The van der Waals surface area contributed by atoms with Crippen molar-refractivity contribution < 1.29 is 9.90 Å². The second-order valence-corrected chi connectivity index (χ2v) is 5.70. The molecule has 1 N–H and O–H groups in total. The van der Waals surface area contributed by atoms with Crippen LogP contribution in [0.5, 0.6) is 0 Å². The highest BCUT2D eigenvalue weighted by molar-refractivity contribution is 9.10. The summed E-state index contributed by atoms with van der Waals surface area (Å²) in [5.74, 6) is -0.0269. The van der Waals surface area contributed by atoms with Crippen molar-refractivity contribution in [2.45, 2.75) is 38.1 Å². The van der Waals surface area contributed by atoms with Crippen molar-refractivity contribution in [1.82, 2.24) is 9.88 Å². The molecule has 1 aliphatic carbocycles. The Hall–Kier alpha value is -0.940. The van der Waals surface area contributed by atoms with Crippen LogP contribution in [0.2, 0.25) is 0 Å². The average molecular weight is 327 g/mol. The first-order chi connectivity index (χ1) is 9.22. The number of carbonyl (C=O) groups is 1. The van der Waals surface area contributed by atoms with Crippen molar-refractivity contribution in [3.8, 4) is 0 Å². The van der Waals surface area contributed by atoms with Gasteiger partial charge in [-0.25, -0.2) is 4.98 Å². The summed E-state index contributed by atoms with van der Waals surface area (Å²) in [6.07, 6.45) is 7.24. The maximum atomic E-state index is 12.5. The fraction of sp³-hybridized carbons (Fsp3) is 0.571. The summed E-state index contributed by atoms with van der Waals surface area (Å²) in [4.78, 5) is 18.4. The number of carbonyl (C=O) groups excluding carboxylic acids is 1. The summed E-state index contributed by atoms with van der Waals surface area (Å²) in [5, 5.41) is 9.19. The third-order valence-electron chi connectivity index (χ3n) is 3.59. The van der Waals surface area contributed by atoms with E-state index in [1.807, 2.05) is 4.90 Å². The van der Waals surface area contributed by atoms with E-state index in [-0.39, 0.29) is 18.6 Å². The van der Waals surface area contributed by atoms with Gasteiger partial charge in [0.05, 0.1) is 12.2 Å². The molecule has 0 radical (unpaired) electrons. The minimum Gasteiger partial charge on any atom is -0.395 e. The fourth-order valence-electron chi connectivity index (χ4n) is 2.62. The molecule has 4 nitrogen and oxygen atoms in total. The van der Waals surface area contributed by atoms with Gasteiger partial charge in [-0.15, -0.1) is 0 Å². The first-order valence-corrected chi connectivity index (χ1v) is 7.55. The van der Waals surface area contributed by atoms with Crippen LogP contribution in [0, 0.1) is 0 Å². The predicted octanol–water partition coefficient (Wildman–Crippen LogP) is 2.61. The molecule has 1 amide bonds. The van der Waals surface area contributed by atoms with E-state index in [4.69, 9.17) is 0 Å². The van der Waals surface area contributed by atoms with E-state index in [0.29, 0.717) is 12.1 Å². The standard InChI is InChI=1S/C14H19BrN2O2/c15-13-7-6-11(10-16-13)14(19)17(8-9-18)12-4-2-1-3-5-12/h6-7,10,12,18H,1-5,8-9H2. The number of hydrogen-bond donors (Lipinski definition) is 1. The molecule has 1 saturated carbocycles. The Morgan fingerprint density at radius 1 is 1.37 bits per heavy atom. The lowest BCUT2D eigenvalue weighted by molar-refractivity contribution is 0.0585. The van der Waals surface area contributed by atoms with Gasteiger partial charge in [-0.1, -0.05) is 19.3 Å². The summed E-state index contributed by atoms with van der Waals surface area (Å²) < 4.78 is 0.718. The van der Waals surface area contributed by atoms with Crippen LogP contribution < -0.4 is 0 Å². The molecule has 19 heavy (non-hydrogen) atoms. The highest BCUT2D eigenvalue weighted by Crippen LogP contribution is 2.24. The molecular weight excluding hydrogens is 308 g/mol. The topological polar surface area (TPSA) is 53.4 Å². The Balaban J connectivity index is 2.13. The number of halogens is 1. The van der Waals surface area contributed by atoms with Crippen LogP contribution in [0.3, 0.4) is 0 Å². The molecule has 0 spiro atoms. The Morgan fingerprint density at radius 3 is 2.68 bits per heavy atom. The van der Waals surface area contributed by atoms with Crippen LogP contribution in [0.25, 0.3) is 0 Å². The van der Waals surface area contributed by atoms with Gasteiger partial charge >= 0.3 is 0 Å². The fourth-order valence-corrected chi connectivity index (χ4v) is 2.85.